The Kier molecular flexibility index (Phi) is 3.96. The zero-order valence-corrected chi connectivity index (χ0v) is 9.96. The number of rotatable bonds is 1. The fourth-order valence-corrected chi connectivity index (χ4v) is 2.21. The molecule has 1 amide bonds. The van der Waals surface area contributed by atoms with Gasteiger partial charge in [-0.2, -0.15) is 0 Å². The lowest BCUT2D eigenvalue weighted by Crippen LogP contribution is -2.50. The van der Waals surface area contributed by atoms with Gasteiger partial charge in [-0.1, -0.05) is 12.1 Å². The van der Waals surface area contributed by atoms with E-state index in [2.05, 4.69) is 5.16 Å². The summed E-state index contributed by atoms with van der Waals surface area (Å²) < 4.78 is 10.6. The number of piperidine rings is 1. The van der Waals surface area contributed by atoms with Crippen LogP contribution in [-0.2, 0) is 14.3 Å². The predicted molar refractivity (Wildman–Crippen MR) is 60.1 cm³/mol. The van der Waals surface area contributed by atoms with Crippen molar-refractivity contribution in [3.05, 3.63) is 0 Å². The van der Waals surface area contributed by atoms with E-state index >= 15 is 0 Å². The van der Waals surface area contributed by atoms with Crippen molar-refractivity contribution in [2.75, 3.05) is 32.9 Å². The average Bonchev–Trinajstić information content (AvgIpc) is 2.39. The molecule has 1 N–H and O–H groups in total. The summed E-state index contributed by atoms with van der Waals surface area (Å²) >= 11 is 0. The number of oxime groups is 1. The van der Waals surface area contributed by atoms with Crippen molar-refractivity contribution >= 4 is 11.6 Å². The Balaban J connectivity index is 1.92. The smallest absolute Gasteiger partial charge is 0.254 e. The van der Waals surface area contributed by atoms with E-state index in [-0.39, 0.29) is 11.8 Å². The number of ether oxygens (including phenoxy) is 2. The molecule has 96 valence electrons. The first-order valence-corrected chi connectivity index (χ1v) is 5.91. The molecule has 2 saturated heterocycles. The van der Waals surface area contributed by atoms with Crippen LogP contribution in [0.15, 0.2) is 5.16 Å². The SMILES string of the molecule is CC1CN(C(=O)C2COCCO2)CCC1=NO. The molecule has 2 heterocycles. The number of hydrogen-bond acceptors (Lipinski definition) is 5. The molecule has 0 aromatic heterocycles. The van der Waals surface area contributed by atoms with Crippen LogP contribution in [0.3, 0.4) is 0 Å². The summed E-state index contributed by atoms with van der Waals surface area (Å²) in [5.74, 6) is 0.0794. The lowest BCUT2D eigenvalue weighted by atomic mass is 9.97. The van der Waals surface area contributed by atoms with Gasteiger partial charge in [0, 0.05) is 25.4 Å². The molecule has 2 atom stereocenters. The largest absolute Gasteiger partial charge is 0.411 e. The molecule has 6 heteroatoms. The molecule has 0 aromatic rings. The molecule has 0 aliphatic carbocycles. The molecule has 0 spiro atoms. The maximum atomic E-state index is 12.1. The third kappa shape index (κ3) is 2.76. The van der Waals surface area contributed by atoms with E-state index in [0.29, 0.717) is 39.3 Å². The standard InChI is InChI=1S/C11H18N2O4/c1-8-6-13(3-2-9(8)12-15)11(14)10-7-16-4-5-17-10/h8,10,15H,2-7H2,1H3. The van der Waals surface area contributed by atoms with Gasteiger partial charge in [0.1, 0.15) is 0 Å². The van der Waals surface area contributed by atoms with E-state index < -0.39 is 6.10 Å². The summed E-state index contributed by atoms with van der Waals surface area (Å²) in [6.45, 7) is 4.49. The third-order valence-corrected chi connectivity index (χ3v) is 3.23. The predicted octanol–water partition coefficient (Wildman–Crippen LogP) is 0.100. The van der Waals surface area contributed by atoms with Crippen LogP contribution in [0.4, 0.5) is 0 Å². The van der Waals surface area contributed by atoms with Gasteiger partial charge in [-0.25, -0.2) is 0 Å². The first kappa shape index (κ1) is 12.3. The van der Waals surface area contributed by atoms with Crippen molar-refractivity contribution in [3.63, 3.8) is 0 Å². The van der Waals surface area contributed by atoms with E-state index in [1.807, 2.05) is 6.92 Å². The summed E-state index contributed by atoms with van der Waals surface area (Å²) in [5, 5.41) is 12.0. The molecule has 2 aliphatic heterocycles. The monoisotopic (exact) mass is 242 g/mol. The maximum absolute atomic E-state index is 12.1. The van der Waals surface area contributed by atoms with Gasteiger partial charge in [0.25, 0.3) is 5.91 Å². The summed E-state index contributed by atoms with van der Waals surface area (Å²) in [5.41, 5.74) is 0.759. The van der Waals surface area contributed by atoms with Gasteiger partial charge in [-0.3, -0.25) is 4.79 Å². The van der Waals surface area contributed by atoms with Gasteiger partial charge >= 0.3 is 0 Å². The van der Waals surface area contributed by atoms with Gasteiger partial charge in [-0.05, 0) is 0 Å². The fraction of sp³-hybridized carbons (Fsp3) is 0.818. The summed E-state index contributed by atoms with van der Waals surface area (Å²) in [4.78, 5) is 13.9. The van der Waals surface area contributed by atoms with Crippen LogP contribution < -0.4 is 0 Å². The van der Waals surface area contributed by atoms with Crippen LogP contribution in [0.1, 0.15) is 13.3 Å². The topological polar surface area (TPSA) is 71.4 Å². The Hall–Kier alpha value is -1.14. The highest BCUT2D eigenvalue weighted by Gasteiger charge is 2.32. The molecule has 2 unspecified atom stereocenters. The first-order valence-electron chi connectivity index (χ1n) is 5.91. The lowest BCUT2D eigenvalue weighted by molar-refractivity contribution is -0.158. The van der Waals surface area contributed by atoms with Crippen molar-refractivity contribution < 1.29 is 19.5 Å². The molecule has 17 heavy (non-hydrogen) atoms. The van der Waals surface area contributed by atoms with Gasteiger partial charge in [0.05, 0.1) is 25.5 Å². The minimum atomic E-state index is -0.469. The molecule has 0 aromatic carbocycles. The fourth-order valence-electron chi connectivity index (χ4n) is 2.21. The van der Waals surface area contributed by atoms with Crippen LogP contribution in [-0.4, -0.2) is 60.7 Å². The zero-order valence-electron chi connectivity index (χ0n) is 9.96. The van der Waals surface area contributed by atoms with Crippen LogP contribution in [0.2, 0.25) is 0 Å². The van der Waals surface area contributed by atoms with Crippen molar-refractivity contribution in [2.24, 2.45) is 11.1 Å². The Morgan fingerprint density at radius 3 is 2.94 bits per heavy atom. The Bertz CT molecular complexity index is 313. The maximum Gasteiger partial charge on any atom is 0.254 e. The molecule has 0 radical (unpaired) electrons. The highest BCUT2D eigenvalue weighted by Crippen LogP contribution is 2.16. The first-order chi connectivity index (χ1) is 8.22. The quantitative estimate of drug-likeness (QED) is 0.523. The summed E-state index contributed by atoms with van der Waals surface area (Å²) in [6.07, 6.45) is 0.153. The number of carbonyl (C=O) groups excluding carboxylic acids is 1. The van der Waals surface area contributed by atoms with E-state index in [0.717, 1.165) is 5.71 Å². The van der Waals surface area contributed by atoms with E-state index in [9.17, 15) is 4.79 Å². The summed E-state index contributed by atoms with van der Waals surface area (Å²) in [6, 6.07) is 0. The highest BCUT2D eigenvalue weighted by molar-refractivity contribution is 5.89. The van der Waals surface area contributed by atoms with Crippen molar-refractivity contribution in [3.8, 4) is 0 Å². The molecular formula is C11H18N2O4. The molecule has 0 bridgehead atoms. The van der Waals surface area contributed by atoms with E-state index in [1.165, 1.54) is 0 Å². The third-order valence-electron chi connectivity index (χ3n) is 3.23. The number of hydrogen-bond donors (Lipinski definition) is 1. The van der Waals surface area contributed by atoms with Gasteiger partial charge in [-0.15, -0.1) is 0 Å². The molecule has 2 aliphatic rings. The second-order valence-electron chi connectivity index (χ2n) is 4.46. The minimum absolute atomic E-state index is 0.0199. The highest BCUT2D eigenvalue weighted by atomic mass is 16.6. The van der Waals surface area contributed by atoms with Gasteiger partial charge < -0.3 is 19.6 Å². The number of nitrogens with zero attached hydrogens (tertiary/aromatic N) is 2. The molecular weight excluding hydrogens is 224 g/mol. The normalized spacial score (nSPS) is 32.8. The zero-order chi connectivity index (χ0) is 12.3. The summed E-state index contributed by atoms with van der Waals surface area (Å²) in [7, 11) is 0. The lowest BCUT2D eigenvalue weighted by Gasteiger charge is -2.34. The van der Waals surface area contributed by atoms with Crippen LogP contribution in [0.25, 0.3) is 0 Å². The van der Waals surface area contributed by atoms with Crippen molar-refractivity contribution in [1.82, 2.24) is 4.90 Å². The molecule has 0 saturated carbocycles. The number of likely N-dealkylation sites (tertiary alicyclic amines) is 1. The Morgan fingerprint density at radius 1 is 1.53 bits per heavy atom. The van der Waals surface area contributed by atoms with E-state index in [4.69, 9.17) is 14.7 Å². The molecule has 2 fully saturated rings. The Labute approximate surface area is 100 Å². The number of amides is 1. The van der Waals surface area contributed by atoms with Crippen LogP contribution in [0, 0.1) is 5.92 Å². The van der Waals surface area contributed by atoms with Crippen molar-refractivity contribution in [1.29, 1.82) is 0 Å². The van der Waals surface area contributed by atoms with Gasteiger partial charge in [0.2, 0.25) is 0 Å². The molecule has 2 rings (SSSR count). The molecule has 6 nitrogen and oxygen atoms in total. The second-order valence-corrected chi connectivity index (χ2v) is 4.46. The van der Waals surface area contributed by atoms with E-state index in [1.54, 1.807) is 4.90 Å². The van der Waals surface area contributed by atoms with Crippen molar-refractivity contribution in [2.45, 2.75) is 19.4 Å². The minimum Gasteiger partial charge on any atom is -0.411 e. The second kappa shape index (κ2) is 5.46. The van der Waals surface area contributed by atoms with Crippen LogP contribution in [0.5, 0.6) is 0 Å². The Morgan fingerprint density at radius 2 is 2.35 bits per heavy atom. The van der Waals surface area contributed by atoms with Crippen LogP contribution >= 0.6 is 0 Å². The van der Waals surface area contributed by atoms with Gasteiger partial charge in [0.15, 0.2) is 6.10 Å². The number of carbonyl (C=O) groups is 1. The average molecular weight is 242 g/mol.